The second-order valence-electron chi connectivity index (χ2n) is 6.77. The molecule has 0 aliphatic carbocycles. The topological polar surface area (TPSA) is 30.9 Å². The number of nitrogens with one attached hydrogen (secondary N) is 1. The van der Waals surface area contributed by atoms with Crippen molar-refractivity contribution in [1.29, 1.82) is 0 Å². The Bertz CT molecular complexity index is 768. The minimum absolute atomic E-state index is 0.134. The third-order valence-corrected chi connectivity index (χ3v) is 5.38. The van der Waals surface area contributed by atoms with Crippen molar-refractivity contribution in [3.63, 3.8) is 0 Å². The van der Waals surface area contributed by atoms with E-state index in [0.717, 1.165) is 31.4 Å². The van der Waals surface area contributed by atoms with Crippen LogP contribution in [0.4, 0.5) is 0 Å². The molecule has 0 amide bonds. The molecular formula is C20H28N4S. The van der Waals surface area contributed by atoms with Crippen molar-refractivity contribution in [3.05, 3.63) is 57.2 Å². The maximum Gasteiger partial charge on any atom is 0.137 e. The van der Waals surface area contributed by atoms with Gasteiger partial charge in [-0.3, -0.25) is 4.99 Å². The molecule has 5 heteroatoms. The quantitative estimate of drug-likeness (QED) is 0.783. The summed E-state index contributed by atoms with van der Waals surface area (Å²) < 4.78 is 1.26. The highest BCUT2D eigenvalue weighted by Crippen LogP contribution is 2.16. The summed E-state index contributed by atoms with van der Waals surface area (Å²) in [5.41, 5.74) is 1.32. The van der Waals surface area contributed by atoms with Gasteiger partial charge in [-0.25, -0.2) is 0 Å². The minimum Gasteiger partial charge on any atom is -0.349 e. The van der Waals surface area contributed by atoms with Crippen molar-refractivity contribution in [2.24, 2.45) is 4.99 Å². The summed E-state index contributed by atoms with van der Waals surface area (Å²) in [7, 11) is 4.22. The monoisotopic (exact) mass is 356 g/mol. The summed E-state index contributed by atoms with van der Waals surface area (Å²) in [6.45, 7) is 5.15. The summed E-state index contributed by atoms with van der Waals surface area (Å²) in [5.74, 6) is 0. The first-order chi connectivity index (χ1) is 12.2. The van der Waals surface area contributed by atoms with Crippen LogP contribution in [0, 0.1) is 0 Å². The molecule has 0 spiro atoms. The highest BCUT2D eigenvalue weighted by atomic mass is 32.1. The molecular weight excluding hydrogens is 328 g/mol. The fourth-order valence-corrected chi connectivity index (χ4v) is 3.93. The van der Waals surface area contributed by atoms with Crippen LogP contribution < -0.4 is 15.2 Å². The molecule has 25 heavy (non-hydrogen) atoms. The Hall–Kier alpha value is -1.69. The van der Waals surface area contributed by atoms with Crippen LogP contribution in [-0.4, -0.2) is 49.2 Å². The molecule has 0 bridgehead atoms. The van der Waals surface area contributed by atoms with E-state index in [4.69, 9.17) is 4.99 Å². The van der Waals surface area contributed by atoms with E-state index in [1.807, 2.05) is 0 Å². The fourth-order valence-electron chi connectivity index (χ4n) is 3.15. The summed E-state index contributed by atoms with van der Waals surface area (Å²) in [6.07, 6.45) is 3.48. The van der Waals surface area contributed by atoms with Crippen molar-refractivity contribution in [3.8, 4) is 0 Å². The molecule has 1 aliphatic heterocycles. The number of fused-ring (bicyclic) bond motifs is 1. The average Bonchev–Trinajstić information content (AvgIpc) is 3.06. The van der Waals surface area contributed by atoms with Gasteiger partial charge >= 0.3 is 0 Å². The first-order valence-electron chi connectivity index (χ1n) is 8.98. The van der Waals surface area contributed by atoms with E-state index in [9.17, 15) is 0 Å². The zero-order valence-electron chi connectivity index (χ0n) is 15.4. The Labute approximate surface area is 154 Å². The predicted octanol–water partition coefficient (Wildman–Crippen LogP) is 1.88. The van der Waals surface area contributed by atoms with E-state index in [1.54, 1.807) is 11.3 Å². The lowest BCUT2D eigenvalue weighted by Crippen LogP contribution is -2.51. The van der Waals surface area contributed by atoms with Gasteiger partial charge in [0.2, 0.25) is 0 Å². The van der Waals surface area contributed by atoms with Gasteiger partial charge in [-0.1, -0.05) is 37.3 Å². The molecule has 3 rings (SSSR count). The number of rotatable bonds is 8. The van der Waals surface area contributed by atoms with Crippen LogP contribution in [0.25, 0.3) is 6.20 Å². The number of thiophene rings is 1. The number of hydrogen-bond acceptors (Lipinski definition) is 5. The standard InChI is InChI=1S/C20H28N4S/c1-4-17(21-11-12-23(2)3)20-22-18-10-13-25-19(18)15-24(20)14-16-8-6-5-7-9-16/h5-10,13,15,17,20-21H,4,11-12,14H2,1-3H3. The van der Waals surface area contributed by atoms with E-state index >= 15 is 0 Å². The van der Waals surface area contributed by atoms with Crippen LogP contribution in [0.1, 0.15) is 18.9 Å². The fraction of sp³-hybridized carbons (Fsp3) is 0.450. The van der Waals surface area contributed by atoms with Crippen molar-refractivity contribution in [1.82, 2.24) is 15.1 Å². The molecule has 0 saturated carbocycles. The number of hydrogen-bond donors (Lipinski definition) is 1. The molecule has 1 aromatic carbocycles. The van der Waals surface area contributed by atoms with Crippen molar-refractivity contribution >= 4 is 17.5 Å². The first-order valence-corrected chi connectivity index (χ1v) is 9.86. The normalized spacial score (nSPS) is 17.8. The van der Waals surface area contributed by atoms with E-state index in [1.165, 1.54) is 10.1 Å². The van der Waals surface area contributed by atoms with Crippen LogP contribution in [0.2, 0.25) is 0 Å². The molecule has 2 aromatic rings. The Morgan fingerprint density at radius 3 is 2.76 bits per heavy atom. The van der Waals surface area contributed by atoms with E-state index < -0.39 is 0 Å². The Balaban J connectivity index is 1.82. The van der Waals surface area contributed by atoms with Gasteiger partial charge in [0, 0.05) is 31.9 Å². The van der Waals surface area contributed by atoms with Gasteiger partial charge in [-0.15, -0.1) is 11.3 Å². The number of nitrogens with zero attached hydrogens (tertiary/aromatic N) is 3. The molecule has 2 unspecified atom stereocenters. The SMILES string of the molecule is CCC(NCCN(C)C)C1N=c2ccsc2=CN1Cc1ccccc1. The lowest BCUT2D eigenvalue weighted by atomic mass is 10.1. The minimum atomic E-state index is 0.134. The Morgan fingerprint density at radius 2 is 2.04 bits per heavy atom. The van der Waals surface area contributed by atoms with Crippen LogP contribution in [0.5, 0.6) is 0 Å². The number of likely N-dealkylation sites (N-methyl/N-ethyl adjacent to an activating group) is 1. The first kappa shape index (κ1) is 18.1. The van der Waals surface area contributed by atoms with Gasteiger partial charge in [0.05, 0.1) is 9.89 Å². The Kier molecular flexibility index (Phi) is 6.24. The number of benzene rings is 1. The van der Waals surface area contributed by atoms with Gasteiger partial charge in [-0.05, 0) is 37.5 Å². The van der Waals surface area contributed by atoms with Gasteiger partial charge in [0.25, 0.3) is 0 Å². The molecule has 1 N–H and O–H groups in total. The molecule has 0 fully saturated rings. The average molecular weight is 357 g/mol. The zero-order chi connectivity index (χ0) is 17.6. The van der Waals surface area contributed by atoms with E-state index in [-0.39, 0.29) is 6.17 Å². The van der Waals surface area contributed by atoms with Crippen molar-refractivity contribution < 1.29 is 0 Å². The highest BCUT2D eigenvalue weighted by molar-refractivity contribution is 7.07. The van der Waals surface area contributed by atoms with Crippen LogP contribution in [-0.2, 0) is 6.54 Å². The second kappa shape index (κ2) is 8.61. The predicted molar refractivity (Wildman–Crippen MR) is 106 cm³/mol. The second-order valence-corrected chi connectivity index (χ2v) is 7.72. The Morgan fingerprint density at radius 1 is 1.24 bits per heavy atom. The zero-order valence-corrected chi connectivity index (χ0v) is 16.2. The van der Waals surface area contributed by atoms with Gasteiger partial charge in [-0.2, -0.15) is 0 Å². The maximum atomic E-state index is 5.08. The third-order valence-electron chi connectivity index (χ3n) is 4.54. The van der Waals surface area contributed by atoms with Crippen LogP contribution in [0.15, 0.2) is 46.8 Å². The molecule has 1 aliphatic rings. The lowest BCUT2D eigenvalue weighted by Gasteiger charge is -2.35. The van der Waals surface area contributed by atoms with Gasteiger partial charge < -0.3 is 15.1 Å². The third kappa shape index (κ3) is 4.69. The van der Waals surface area contributed by atoms with Gasteiger partial charge in [0.1, 0.15) is 6.17 Å². The highest BCUT2D eigenvalue weighted by Gasteiger charge is 2.26. The van der Waals surface area contributed by atoms with Crippen LogP contribution >= 0.6 is 11.3 Å². The molecule has 2 atom stereocenters. The molecule has 4 nitrogen and oxygen atoms in total. The van der Waals surface area contributed by atoms with Crippen LogP contribution in [0.3, 0.4) is 0 Å². The molecule has 0 radical (unpaired) electrons. The summed E-state index contributed by atoms with van der Waals surface area (Å²) >= 11 is 1.76. The molecule has 2 heterocycles. The largest absolute Gasteiger partial charge is 0.349 e. The maximum absolute atomic E-state index is 5.08. The summed E-state index contributed by atoms with van der Waals surface area (Å²) in [4.78, 5) is 9.69. The smallest absolute Gasteiger partial charge is 0.137 e. The summed E-state index contributed by atoms with van der Waals surface area (Å²) in [5, 5.41) is 6.98. The lowest BCUT2D eigenvalue weighted by molar-refractivity contribution is 0.222. The van der Waals surface area contributed by atoms with Crippen molar-refractivity contribution in [2.75, 3.05) is 27.2 Å². The molecule has 1 aromatic heterocycles. The molecule has 134 valence electrons. The molecule has 0 saturated heterocycles. The van der Waals surface area contributed by atoms with Crippen molar-refractivity contribution in [2.45, 2.75) is 32.1 Å². The van der Waals surface area contributed by atoms with E-state index in [2.05, 4.69) is 84.1 Å². The summed E-state index contributed by atoms with van der Waals surface area (Å²) in [6, 6.07) is 13.1. The van der Waals surface area contributed by atoms with E-state index in [0.29, 0.717) is 6.04 Å². The van der Waals surface area contributed by atoms with Gasteiger partial charge in [0.15, 0.2) is 0 Å².